The molecular formula is C20H24N2O3. The Kier molecular flexibility index (Phi) is 6.17. The van der Waals surface area contributed by atoms with Gasteiger partial charge in [-0.25, -0.2) is 0 Å². The van der Waals surface area contributed by atoms with Crippen LogP contribution in [0.3, 0.4) is 0 Å². The highest BCUT2D eigenvalue weighted by atomic mass is 16.5. The molecule has 25 heavy (non-hydrogen) atoms. The van der Waals surface area contributed by atoms with Crippen LogP contribution in [0.2, 0.25) is 0 Å². The Labute approximate surface area is 148 Å². The maximum atomic E-state index is 12.1. The molecular weight excluding hydrogens is 316 g/mol. The second-order valence-electron chi connectivity index (χ2n) is 6.01. The first kappa shape index (κ1) is 18.5. The fraction of sp³-hybridized carbons (Fsp3) is 0.300. The summed E-state index contributed by atoms with van der Waals surface area (Å²) in [6.07, 6.45) is 1.27. The van der Waals surface area contributed by atoms with Crippen molar-refractivity contribution in [2.24, 2.45) is 0 Å². The second-order valence-corrected chi connectivity index (χ2v) is 6.01. The third-order valence-electron chi connectivity index (χ3n) is 4.05. The summed E-state index contributed by atoms with van der Waals surface area (Å²) < 4.78 is 5.49. The van der Waals surface area contributed by atoms with Crippen molar-refractivity contribution in [3.05, 3.63) is 53.1 Å². The average Bonchev–Trinajstić information content (AvgIpc) is 2.58. The summed E-state index contributed by atoms with van der Waals surface area (Å²) in [6.45, 7) is 5.74. The summed E-state index contributed by atoms with van der Waals surface area (Å²) in [7, 11) is 0. The van der Waals surface area contributed by atoms with E-state index in [1.54, 1.807) is 18.2 Å². The van der Waals surface area contributed by atoms with Crippen molar-refractivity contribution in [3.63, 3.8) is 0 Å². The first-order valence-corrected chi connectivity index (χ1v) is 8.34. The van der Waals surface area contributed by atoms with Crippen molar-refractivity contribution in [1.29, 1.82) is 0 Å². The third-order valence-corrected chi connectivity index (χ3v) is 4.05. The lowest BCUT2D eigenvalue weighted by Crippen LogP contribution is -2.21. The number of amides is 1. The van der Waals surface area contributed by atoms with Gasteiger partial charge >= 0.3 is 0 Å². The quantitative estimate of drug-likeness (QED) is 0.592. The number of nitrogens with two attached hydrogens (primary N) is 1. The molecule has 0 spiro atoms. The molecule has 0 atom stereocenters. The average molecular weight is 340 g/mol. The normalized spacial score (nSPS) is 10.4. The summed E-state index contributed by atoms with van der Waals surface area (Å²) >= 11 is 0. The Morgan fingerprint density at radius 1 is 1.16 bits per heavy atom. The number of carbonyl (C=O) groups is 2. The molecule has 5 nitrogen and oxygen atoms in total. The van der Waals surface area contributed by atoms with E-state index in [9.17, 15) is 9.59 Å². The van der Waals surface area contributed by atoms with Gasteiger partial charge in [-0.1, -0.05) is 19.1 Å². The van der Waals surface area contributed by atoms with Crippen LogP contribution in [-0.4, -0.2) is 18.3 Å². The van der Waals surface area contributed by atoms with Crippen LogP contribution in [0.1, 0.15) is 41.3 Å². The van der Waals surface area contributed by atoms with Gasteiger partial charge in [0.25, 0.3) is 5.91 Å². The number of ketones is 1. The number of benzene rings is 2. The van der Waals surface area contributed by atoms with Crippen LogP contribution in [0.4, 0.5) is 11.4 Å². The third kappa shape index (κ3) is 4.83. The minimum atomic E-state index is -0.265. The van der Waals surface area contributed by atoms with Gasteiger partial charge in [0.1, 0.15) is 5.75 Å². The smallest absolute Gasteiger partial charge is 0.262 e. The number of aryl methyl sites for hydroxylation is 1. The number of nitrogen functional groups attached to an aromatic ring is 1. The Bertz CT molecular complexity index is 785. The molecule has 0 radical (unpaired) electrons. The standard InChI is InChI=1S/C20H24N2O3/c1-4-6-18(23)15-9-10-19(16(21)11-15)25-12-20(24)22-17-8-5-7-13(2)14(17)3/h5,7-11H,4,6,12,21H2,1-3H3,(H,22,24). The molecule has 3 N–H and O–H groups in total. The van der Waals surface area contributed by atoms with E-state index in [1.807, 2.05) is 39.0 Å². The lowest BCUT2D eigenvalue weighted by Gasteiger charge is -2.12. The summed E-state index contributed by atoms with van der Waals surface area (Å²) in [5.41, 5.74) is 9.73. The molecule has 0 saturated heterocycles. The Hall–Kier alpha value is -2.82. The van der Waals surface area contributed by atoms with Gasteiger partial charge in [-0.15, -0.1) is 0 Å². The van der Waals surface area contributed by atoms with Crippen molar-refractivity contribution in [1.82, 2.24) is 0 Å². The van der Waals surface area contributed by atoms with Gasteiger partial charge in [-0.3, -0.25) is 9.59 Å². The molecule has 2 rings (SSSR count). The van der Waals surface area contributed by atoms with Crippen LogP contribution < -0.4 is 15.8 Å². The van der Waals surface area contributed by atoms with Crippen molar-refractivity contribution < 1.29 is 14.3 Å². The van der Waals surface area contributed by atoms with Gasteiger partial charge in [0.15, 0.2) is 12.4 Å². The molecule has 0 aromatic heterocycles. The van der Waals surface area contributed by atoms with Crippen molar-refractivity contribution in [2.75, 3.05) is 17.7 Å². The van der Waals surface area contributed by atoms with Gasteiger partial charge in [0, 0.05) is 17.7 Å². The van der Waals surface area contributed by atoms with E-state index >= 15 is 0 Å². The van der Waals surface area contributed by atoms with Crippen LogP contribution >= 0.6 is 0 Å². The molecule has 0 heterocycles. The molecule has 0 fully saturated rings. The van der Waals surface area contributed by atoms with E-state index < -0.39 is 0 Å². The molecule has 0 unspecified atom stereocenters. The van der Waals surface area contributed by atoms with Crippen LogP contribution in [0.15, 0.2) is 36.4 Å². The number of Topliss-reactive ketones (excluding diaryl/α,β-unsaturated/α-hetero) is 1. The first-order valence-electron chi connectivity index (χ1n) is 8.34. The minimum Gasteiger partial charge on any atom is -0.482 e. The van der Waals surface area contributed by atoms with Crippen LogP contribution in [0, 0.1) is 13.8 Å². The van der Waals surface area contributed by atoms with E-state index in [-0.39, 0.29) is 18.3 Å². The molecule has 5 heteroatoms. The largest absolute Gasteiger partial charge is 0.482 e. The highest BCUT2D eigenvalue weighted by Crippen LogP contribution is 2.24. The Balaban J connectivity index is 1.97. The van der Waals surface area contributed by atoms with Gasteiger partial charge in [0.05, 0.1) is 5.69 Å². The van der Waals surface area contributed by atoms with E-state index in [2.05, 4.69) is 5.32 Å². The van der Waals surface area contributed by atoms with E-state index in [0.717, 1.165) is 23.2 Å². The maximum Gasteiger partial charge on any atom is 0.262 e. The minimum absolute atomic E-state index is 0.0495. The molecule has 0 aliphatic heterocycles. The summed E-state index contributed by atoms with van der Waals surface area (Å²) in [6, 6.07) is 10.6. The molecule has 0 bridgehead atoms. The zero-order chi connectivity index (χ0) is 18.4. The topological polar surface area (TPSA) is 81.4 Å². The Morgan fingerprint density at radius 3 is 2.60 bits per heavy atom. The molecule has 132 valence electrons. The van der Waals surface area contributed by atoms with Gasteiger partial charge in [0.2, 0.25) is 0 Å². The van der Waals surface area contributed by atoms with Crippen molar-refractivity contribution >= 4 is 23.1 Å². The molecule has 0 saturated carbocycles. The van der Waals surface area contributed by atoms with E-state index in [1.165, 1.54) is 0 Å². The lowest BCUT2D eigenvalue weighted by atomic mass is 10.1. The fourth-order valence-corrected chi connectivity index (χ4v) is 2.44. The molecule has 2 aromatic rings. The number of hydrogen-bond donors (Lipinski definition) is 2. The number of rotatable bonds is 7. The summed E-state index contributed by atoms with van der Waals surface area (Å²) in [5, 5.41) is 2.83. The number of ether oxygens (including phenoxy) is 1. The molecule has 0 aliphatic rings. The SMILES string of the molecule is CCCC(=O)c1ccc(OCC(=O)Nc2cccc(C)c2C)c(N)c1. The lowest BCUT2D eigenvalue weighted by molar-refractivity contribution is -0.118. The highest BCUT2D eigenvalue weighted by molar-refractivity contribution is 5.97. The highest BCUT2D eigenvalue weighted by Gasteiger charge is 2.11. The molecule has 1 amide bonds. The van der Waals surface area contributed by atoms with Gasteiger partial charge in [-0.05, 0) is 55.7 Å². The monoisotopic (exact) mass is 340 g/mol. The van der Waals surface area contributed by atoms with Crippen molar-refractivity contribution in [2.45, 2.75) is 33.6 Å². The number of carbonyl (C=O) groups excluding carboxylic acids is 2. The first-order chi connectivity index (χ1) is 11.9. The van der Waals surface area contributed by atoms with Crippen LogP contribution in [0.5, 0.6) is 5.75 Å². The predicted molar refractivity (Wildman–Crippen MR) is 100 cm³/mol. The molecule has 0 aliphatic carbocycles. The summed E-state index contributed by atoms with van der Waals surface area (Å²) in [5.74, 6) is 0.178. The van der Waals surface area contributed by atoms with Gasteiger partial charge < -0.3 is 15.8 Å². The predicted octanol–water partition coefficient (Wildman–Crippen LogP) is 3.89. The Morgan fingerprint density at radius 2 is 1.92 bits per heavy atom. The zero-order valence-corrected chi connectivity index (χ0v) is 14.9. The van der Waals surface area contributed by atoms with E-state index in [0.29, 0.717) is 23.4 Å². The van der Waals surface area contributed by atoms with Crippen molar-refractivity contribution in [3.8, 4) is 5.75 Å². The summed E-state index contributed by atoms with van der Waals surface area (Å²) in [4.78, 5) is 24.0. The maximum absolute atomic E-state index is 12.1. The van der Waals surface area contributed by atoms with Gasteiger partial charge in [-0.2, -0.15) is 0 Å². The fourth-order valence-electron chi connectivity index (χ4n) is 2.44. The number of nitrogens with one attached hydrogen (secondary N) is 1. The van der Waals surface area contributed by atoms with Crippen LogP contribution in [-0.2, 0) is 4.79 Å². The van der Waals surface area contributed by atoms with Crippen LogP contribution in [0.25, 0.3) is 0 Å². The zero-order valence-electron chi connectivity index (χ0n) is 14.9. The van der Waals surface area contributed by atoms with E-state index in [4.69, 9.17) is 10.5 Å². The number of anilines is 2. The second kappa shape index (κ2) is 8.33. The number of hydrogen-bond acceptors (Lipinski definition) is 4. The molecule has 2 aromatic carbocycles.